The highest BCUT2D eigenvalue weighted by Crippen LogP contribution is 2.35. The predicted molar refractivity (Wildman–Crippen MR) is 57.6 cm³/mol. The Kier molecular flexibility index (Phi) is 4.54. The number of nitrogens with one attached hydrogen (secondary N) is 1. The Bertz CT molecular complexity index is 220. The van der Waals surface area contributed by atoms with E-state index in [-0.39, 0.29) is 5.97 Å². The molecule has 0 saturated heterocycles. The van der Waals surface area contributed by atoms with E-state index in [4.69, 9.17) is 9.47 Å². The molecule has 1 aliphatic rings. The number of likely N-dealkylation sites (N-methyl/N-ethyl adjacent to an activating group) is 1. The summed E-state index contributed by atoms with van der Waals surface area (Å²) in [7, 11) is 3.26. The molecule has 1 N–H and O–H groups in total. The molecule has 1 rings (SSSR count). The third kappa shape index (κ3) is 2.69. The van der Waals surface area contributed by atoms with Crippen LogP contribution in [-0.2, 0) is 14.3 Å². The van der Waals surface area contributed by atoms with E-state index in [1.54, 1.807) is 0 Å². The van der Waals surface area contributed by atoms with E-state index in [2.05, 4.69) is 5.32 Å². The molecule has 0 aromatic rings. The van der Waals surface area contributed by atoms with Gasteiger partial charge < -0.3 is 14.8 Å². The standard InChI is InChI=1S/C11H21NO3/c1-4-15-8-9-5-6-11(7-9,12-2)10(13)14-3/h9,12H,4-8H2,1-3H3. The number of hydrogen-bond donors (Lipinski definition) is 1. The summed E-state index contributed by atoms with van der Waals surface area (Å²) in [6, 6.07) is 0. The molecule has 0 amide bonds. The molecule has 0 aromatic carbocycles. The lowest BCUT2D eigenvalue weighted by atomic mass is 9.96. The van der Waals surface area contributed by atoms with E-state index in [0.29, 0.717) is 5.92 Å². The van der Waals surface area contributed by atoms with Crippen LogP contribution in [0.1, 0.15) is 26.2 Å². The fraction of sp³-hybridized carbons (Fsp3) is 0.909. The lowest BCUT2D eigenvalue weighted by Crippen LogP contribution is -2.49. The molecule has 4 nitrogen and oxygen atoms in total. The largest absolute Gasteiger partial charge is 0.468 e. The zero-order valence-corrected chi connectivity index (χ0v) is 9.84. The first-order valence-electron chi connectivity index (χ1n) is 5.53. The summed E-state index contributed by atoms with van der Waals surface area (Å²) in [5.74, 6) is 0.320. The lowest BCUT2D eigenvalue weighted by molar-refractivity contribution is -0.148. The quantitative estimate of drug-likeness (QED) is 0.694. The van der Waals surface area contributed by atoms with Crippen molar-refractivity contribution in [1.29, 1.82) is 0 Å². The normalized spacial score (nSPS) is 30.5. The Labute approximate surface area is 91.3 Å². The molecule has 1 saturated carbocycles. The molecular weight excluding hydrogens is 194 g/mol. The molecule has 1 fully saturated rings. The minimum absolute atomic E-state index is 0.149. The monoisotopic (exact) mass is 215 g/mol. The van der Waals surface area contributed by atoms with Crippen LogP contribution in [0.25, 0.3) is 0 Å². The number of rotatable bonds is 5. The third-order valence-corrected chi connectivity index (χ3v) is 3.23. The van der Waals surface area contributed by atoms with Crippen molar-refractivity contribution in [3.05, 3.63) is 0 Å². The fourth-order valence-electron chi connectivity index (χ4n) is 2.28. The summed E-state index contributed by atoms with van der Waals surface area (Å²) in [6.45, 7) is 3.47. The molecule has 0 aliphatic heterocycles. The maximum atomic E-state index is 11.7. The second-order valence-electron chi connectivity index (χ2n) is 4.09. The molecule has 0 bridgehead atoms. The summed E-state index contributed by atoms with van der Waals surface area (Å²) in [4.78, 5) is 11.7. The molecule has 0 heterocycles. The minimum atomic E-state index is -0.476. The molecule has 0 radical (unpaired) electrons. The van der Waals surface area contributed by atoms with Gasteiger partial charge in [0.2, 0.25) is 0 Å². The molecule has 88 valence electrons. The Morgan fingerprint density at radius 2 is 2.33 bits per heavy atom. The zero-order chi connectivity index (χ0) is 11.3. The number of carbonyl (C=O) groups is 1. The van der Waals surface area contributed by atoms with Gasteiger partial charge in [-0.1, -0.05) is 0 Å². The first kappa shape index (κ1) is 12.5. The molecule has 2 unspecified atom stereocenters. The summed E-state index contributed by atoms with van der Waals surface area (Å²) >= 11 is 0. The highest BCUT2D eigenvalue weighted by molar-refractivity contribution is 5.81. The topological polar surface area (TPSA) is 47.6 Å². The van der Waals surface area contributed by atoms with Crippen LogP contribution in [-0.4, -0.2) is 38.9 Å². The van der Waals surface area contributed by atoms with Crippen molar-refractivity contribution in [1.82, 2.24) is 5.32 Å². The van der Waals surface area contributed by atoms with Crippen molar-refractivity contribution >= 4 is 5.97 Å². The first-order valence-corrected chi connectivity index (χ1v) is 5.53. The van der Waals surface area contributed by atoms with E-state index in [9.17, 15) is 4.79 Å². The van der Waals surface area contributed by atoms with Gasteiger partial charge in [-0.05, 0) is 39.2 Å². The van der Waals surface area contributed by atoms with Gasteiger partial charge in [-0.25, -0.2) is 0 Å². The number of methoxy groups -OCH3 is 1. The lowest BCUT2D eigenvalue weighted by Gasteiger charge is -2.25. The van der Waals surface area contributed by atoms with Gasteiger partial charge >= 0.3 is 5.97 Å². The van der Waals surface area contributed by atoms with Crippen molar-refractivity contribution in [3.8, 4) is 0 Å². The Hall–Kier alpha value is -0.610. The van der Waals surface area contributed by atoms with Crippen LogP contribution in [0.5, 0.6) is 0 Å². The number of esters is 1. The molecule has 2 atom stereocenters. The van der Waals surface area contributed by atoms with E-state index in [1.807, 2.05) is 14.0 Å². The molecule has 0 aromatic heterocycles. The molecule has 4 heteroatoms. The SMILES string of the molecule is CCOCC1CCC(NC)(C(=O)OC)C1. The number of ether oxygens (including phenoxy) is 2. The first-order chi connectivity index (χ1) is 7.18. The average Bonchev–Trinajstić information content (AvgIpc) is 2.70. The van der Waals surface area contributed by atoms with Gasteiger partial charge in [-0.2, -0.15) is 0 Å². The second kappa shape index (κ2) is 5.47. The van der Waals surface area contributed by atoms with Crippen molar-refractivity contribution in [3.63, 3.8) is 0 Å². The van der Waals surface area contributed by atoms with Gasteiger partial charge in [0.05, 0.1) is 7.11 Å². The van der Waals surface area contributed by atoms with E-state index < -0.39 is 5.54 Å². The predicted octanol–water partition coefficient (Wildman–Crippen LogP) is 0.954. The third-order valence-electron chi connectivity index (χ3n) is 3.23. The van der Waals surface area contributed by atoms with Crippen LogP contribution in [0.4, 0.5) is 0 Å². The van der Waals surface area contributed by atoms with Crippen LogP contribution >= 0.6 is 0 Å². The van der Waals surface area contributed by atoms with Crippen molar-refractivity contribution < 1.29 is 14.3 Å². The van der Waals surface area contributed by atoms with Crippen LogP contribution in [0, 0.1) is 5.92 Å². The fourth-order valence-corrected chi connectivity index (χ4v) is 2.28. The van der Waals surface area contributed by atoms with Crippen molar-refractivity contribution in [2.45, 2.75) is 31.7 Å². The Balaban J connectivity index is 2.53. The molecular formula is C11H21NO3. The molecule has 15 heavy (non-hydrogen) atoms. The summed E-state index contributed by atoms with van der Waals surface area (Å²) < 4.78 is 10.2. The minimum Gasteiger partial charge on any atom is -0.468 e. The van der Waals surface area contributed by atoms with E-state index in [1.165, 1.54) is 7.11 Å². The number of carbonyl (C=O) groups excluding carboxylic acids is 1. The molecule has 1 aliphatic carbocycles. The van der Waals surface area contributed by atoms with Gasteiger partial charge in [0.1, 0.15) is 5.54 Å². The second-order valence-corrected chi connectivity index (χ2v) is 4.09. The van der Waals surface area contributed by atoms with Gasteiger partial charge in [-0.15, -0.1) is 0 Å². The van der Waals surface area contributed by atoms with Gasteiger partial charge in [0, 0.05) is 13.2 Å². The van der Waals surface area contributed by atoms with E-state index in [0.717, 1.165) is 32.5 Å². The highest BCUT2D eigenvalue weighted by atomic mass is 16.5. The Morgan fingerprint density at radius 3 is 2.87 bits per heavy atom. The van der Waals surface area contributed by atoms with E-state index >= 15 is 0 Å². The zero-order valence-electron chi connectivity index (χ0n) is 9.84. The molecule has 0 spiro atoms. The maximum absolute atomic E-state index is 11.7. The van der Waals surface area contributed by atoms with Crippen LogP contribution in [0.15, 0.2) is 0 Å². The number of hydrogen-bond acceptors (Lipinski definition) is 4. The van der Waals surface area contributed by atoms with Crippen molar-refractivity contribution in [2.75, 3.05) is 27.4 Å². The average molecular weight is 215 g/mol. The van der Waals surface area contributed by atoms with Gasteiger partial charge in [0.15, 0.2) is 0 Å². The summed E-state index contributed by atoms with van der Waals surface area (Å²) in [6.07, 6.45) is 2.68. The Morgan fingerprint density at radius 1 is 1.60 bits per heavy atom. The van der Waals surface area contributed by atoms with Crippen LogP contribution in [0.3, 0.4) is 0 Å². The van der Waals surface area contributed by atoms with Crippen molar-refractivity contribution in [2.24, 2.45) is 5.92 Å². The smallest absolute Gasteiger partial charge is 0.326 e. The van der Waals surface area contributed by atoms with Gasteiger partial charge in [-0.3, -0.25) is 4.79 Å². The van der Waals surface area contributed by atoms with Gasteiger partial charge in [0.25, 0.3) is 0 Å². The summed E-state index contributed by atoms with van der Waals surface area (Å²) in [5, 5.41) is 3.10. The summed E-state index contributed by atoms with van der Waals surface area (Å²) in [5.41, 5.74) is -0.476. The highest BCUT2D eigenvalue weighted by Gasteiger charge is 2.44. The maximum Gasteiger partial charge on any atom is 0.326 e. The van der Waals surface area contributed by atoms with Crippen LogP contribution < -0.4 is 5.32 Å². The van der Waals surface area contributed by atoms with Crippen LogP contribution in [0.2, 0.25) is 0 Å².